The van der Waals surface area contributed by atoms with E-state index in [-0.39, 0.29) is 18.2 Å². The fraction of sp³-hybridized carbons (Fsp3) is 0.526. The SMILES string of the molecule is CCCCC(=O)NC(Nc1nc2c(C)c(C)ccc2s1)(C(=O)OCC)C(F)(F)F. The monoisotopic (exact) mass is 431 g/mol. The van der Waals surface area contributed by atoms with Crippen molar-refractivity contribution >= 4 is 38.6 Å². The summed E-state index contributed by atoms with van der Waals surface area (Å²) in [4.78, 5) is 28.8. The van der Waals surface area contributed by atoms with E-state index in [1.54, 1.807) is 13.0 Å². The van der Waals surface area contributed by atoms with Gasteiger partial charge in [0.15, 0.2) is 5.13 Å². The average molecular weight is 431 g/mol. The molecule has 0 aliphatic heterocycles. The normalized spacial score (nSPS) is 13.8. The molecule has 0 saturated heterocycles. The van der Waals surface area contributed by atoms with Crippen molar-refractivity contribution in [2.75, 3.05) is 11.9 Å². The van der Waals surface area contributed by atoms with Crippen molar-refractivity contribution < 1.29 is 27.5 Å². The number of benzene rings is 1. The zero-order valence-corrected chi connectivity index (χ0v) is 17.5. The Kier molecular flexibility index (Phi) is 7.10. The van der Waals surface area contributed by atoms with E-state index < -0.39 is 23.7 Å². The number of halogens is 3. The van der Waals surface area contributed by atoms with Crippen LogP contribution < -0.4 is 10.6 Å². The number of aromatic nitrogens is 1. The number of esters is 1. The molecule has 29 heavy (non-hydrogen) atoms. The van der Waals surface area contributed by atoms with Crippen LogP contribution in [0.2, 0.25) is 0 Å². The first-order valence-corrected chi connectivity index (χ1v) is 10.1. The molecule has 1 aromatic heterocycles. The topological polar surface area (TPSA) is 80.3 Å². The van der Waals surface area contributed by atoms with E-state index in [1.807, 2.05) is 25.2 Å². The fourth-order valence-electron chi connectivity index (χ4n) is 2.68. The quantitative estimate of drug-likeness (QED) is 0.477. The van der Waals surface area contributed by atoms with Gasteiger partial charge in [-0.3, -0.25) is 4.79 Å². The second-order valence-electron chi connectivity index (χ2n) is 6.62. The molecular weight excluding hydrogens is 407 g/mol. The maximum atomic E-state index is 14.1. The van der Waals surface area contributed by atoms with Crippen molar-refractivity contribution in [2.24, 2.45) is 0 Å². The molecule has 0 spiro atoms. The summed E-state index contributed by atoms with van der Waals surface area (Å²) < 4.78 is 47.7. The largest absolute Gasteiger partial charge is 0.463 e. The molecule has 1 atom stereocenters. The predicted molar refractivity (Wildman–Crippen MR) is 106 cm³/mol. The third-order valence-corrected chi connectivity index (χ3v) is 5.41. The minimum Gasteiger partial charge on any atom is -0.463 e. The Morgan fingerprint density at radius 1 is 1.21 bits per heavy atom. The molecule has 0 bridgehead atoms. The Morgan fingerprint density at radius 2 is 1.90 bits per heavy atom. The molecule has 2 N–H and O–H groups in total. The number of nitrogens with one attached hydrogen (secondary N) is 2. The Bertz CT molecular complexity index is 898. The van der Waals surface area contributed by atoms with Gasteiger partial charge in [0.05, 0.1) is 16.8 Å². The predicted octanol–water partition coefficient (Wildman–Crippen LogP) is 4.45. The zero-order chi connectivity index (χ0) is 21.8. The number of rotatable bonds is 8. The van der Waals surface area contributed by atoms with Crippen LogP contribution >= 0.6 is 11.3 Å². The van der Waals surface area contributed by atoms with Gasteiger partial charge in [-0.25, -0.2) is 9.78 Å². The fourth-order valence-corrected chi connectivity index (χ4v) is 3.66. The summed E-state index contributed by atoms with van der Waals surface area (Å²) in [6, 6.07) is 3.59. The van der Waals surface area contributed by atoms with Gasteiger partial charge in [-0.2, -0.15) is 13.2 Å². The number of aryl methyl sites for hydroxylation is 2. The molecule has 0 aliphatic rings. The van der Waals surface area contributed by atoms with E-state index in [4.69, 9.17) is 0 Å². The van der Waals surface area contributed by atoms with Gasteiger partial charge in [-0.1, -0.05) is 30.7 Å². The van der Waals surface area contributed by atoms with Crippen molar-refractivity contribution in [2.45, 2.75) is 58.8 Å². The van der Waals surface area contributed by atoms with Gasteiger partial charge in [0.2, 0.25) is 5.91 Å². The van der Waals surface area contributed by atoms with Crippen molar-refractivity contribution in [1.82, 2.24) is 10.3 Å². The van der Waals surface area contributed by atoms with Gasteiger partial charge in [0.1, 0.15) is 0 Å². The molecular formula is C19H24F3N3O3S. The number of thiazole rings is 1. The number of carbonyl (C=O) groups excluding carboxylic acids is 2. The van der Waals surface area contributed by atoms with Gasteiger partial charge in [0.25, 0.3) is 0 Å². The standard InChI is InChI=1S/C19H24F3N3O3S/c1-5-7-8-14(26)24-18(19(20,21)22,16(27)28-6-2)25-17-23-15-12(4)11(3)9-10-13(15)29-17/h9-10H,5-8H2,1-4H3,(H,23,25)(H,24,26). The molecule has 160 valence electrons. The van der Waals surface area contributed by atoms with E-state index in [0.29, 0.717) is 23.1 Å². The summed E-state index contributed by atoms with van der Waals surface area (Å²) in [7, 11) is 0. The van der Waals surface area contributed by atoms with Crippen LogP contribution in [0.5, 0.6) is 0 Å². The summed E-state index contributed by atoms with van der Waals surface area (Å²) in [5.41, 5.74) is -1.12. The molecule has 1 heterocycles. The van der Waals surface area contributed by atoms with Crippen molar-refractivity contribution in [3.05, 3.63) is 23.3 Å². The minimum atomic E-state index is -5.16. The number of hydrogen-bond acceptors (Lipinski definition) is 6. The molecule has 1 aromatic carbocycles. The van der Waals surface area contributed by atoms with Crippen LogP contribution in [-0.2, 0) is 14.3 Å². The van der Waals surface area contributed by atoms with Crippen molar-refractivity contribution in [3.8, 4) is 0 Å². The van der Waals surface area contributed by atoms with Crippen LogP contribution in [0.3, 0.4) is 0 Å². The van der Waals surface area contributed by atoms with E-state index in [9.17, 15) is 22.8 Å². The average Bonchev–Trinajstić information content (AvgIpc) is 3.05. The molecule has 1 amide bonds. The Labute approximate surface area is 170 Å². The molecule has 0 fully saturated rings. The van der Waals surface area contributed by atoms with Crippen LogP contribution in [0.4, 0.5) is 18.3 Å². The maximum Gasteiger partial charge on any atom is 0.442 e. The minimum absolute atomic E-state index is 0.144. The Balaban J connectivity index is 2.52. The lowest BCUT2D eigenvalue weighted by atomic mass is 10.1. The van der Waals surface area contributed by atoms with Crippen LogP contribution in [0.1, 0.15) is 44.2 Å². The number of anilines is 1. The number of ether oxygens (including phenoxy) is 1. The number of hydrogen-bond donors (Lipinski definition) is 2. The zero-order valence-electron chi connectivity index (χ0n) is 16.7. The first kappa shape index (κ1) is 22.9. The highest BCUT2D eigenvalue weighted by Crippen LogP contribution is 2.37. The first-order chi connectivity index (χ1) is 13.6. The molecule has 6 nitrogen and oxygen atoms in total. The first-order valence-electron chi connectivity index (χ1n) is 9.25. The third kappa shape index (κ3) is 4.80. The summed E-state index contributed by atoms with van der Waals surface area (Å²) in [5, 5.41) is 3.82. The second-order valence-corrected chi connectivity index (χ2v) is 7.65. The van der Waals surface area contributed by atoms with E-state index >= 15 is 0 Å². The molecule has 2 aromatic rings. The number of nitrogens with zero attached hydrogens (tertiary/aromatic N) is 1. The van der Waals surface area contributed by atoms with Crippen LogP contribution in [0.25, 0.3) is 10.2 Å². The maximum absolute atomic E-state index is 14.1. The molecule has 10 heteroatoms. The van der Waals surface area contributed by atoms with E-state index in [0.717, 1.165) is 22.5 Å². The second kappa shape index (κ2) is 8.98. The molecule has 0 saturated carbocycles. The van der Waals surface area contributed by atoms with Gasteiger partial charge in [0, 0.05) is 6.42 Å². The molecule has 0 radical (unpaired) electrons. The highest BCUT2D eigenvalue weighted by Gasteiger charge is 2.64. The van der Waals surface area contributed by atoms with E-state index in [1.165, 1.54) is 6.92 Å². The highest BCUT2D eigenvalue weighted by atomic mass is 32.1. The van der Waals surface area contributed by atoms with Crippen molar-refractivity contribution in [3.63, 3.8) is 0 Å². The smallest absolute Gasteiger partial charge is 0.442 e. The Hall–Kier alpha value is -2.36. The van der Waals surface area contributed by atoms with Crippen LogP contribution in [-0.4, -0.2) is 35.3 Å². The van der Waals surface area contributed by atoms with Gasteiger partial charge >= 0.3 is 17.8 Å². The van der Waals surface area contributed by atoms with Gasteiger partial charge < -0.3 is 15.4 Å². The van der Waals surface area contributed by atoms with E-state index in [2.05, 4.69) is 15.0 Å². The highest BCUT2D eigenvalue weighted by molar-refractivity contribution is 7.22. The Morgan fingerprint density at radius 3 is 2.48 bits per heavy atom. The summed E-state index contributed by atoms with van der Waals surface area (Å²) in [6.07, 6.45) is -4.30. The van der Waals surface area contributed by atoms with Gasteiger partial charge in [-0.05, 0) is 44.4 Å². The van der Waals surface area contributed by atoms with Crippen LogP contribution in [0.15, 0.2) is 12.1 Å². The van der Waals surface area contributed by atoms with Gasteiger partial charge in [-0.15, -0.1) is 0 Å². The number of carbonyl (C=O) groups is 2. The van der Waals surface area contributed by atoms with Crippen LogP contribution in [0, 0.1) is 13.8 Å². The number of amides is 1. The summed E-state index contributed by atoms with van der Waals surface area (Å²) in [6.45, 7) is 6.60. The third-order valence-electron chi connectivity index (χ3n) is 4.47. The molecule has 1 unspecified atom stereocenters. The molecule has 2 rings (SSSR count). The lowest BCUT2D eigenvalue weighted by Crippen LogP contribution is -2.69. The number of alkyl halides is 3. The molecule has 0 aliphatic carbocycles. The summed E-state index contributed by atoms with van der Waals surface area (Å²) in [5.74, 6) is -2.54. The lowest BCUT2D eigenvalue weighted by molar-refractivity contribution is -0.207. The number of unbranched alkanes of at least 4 members (excludes halogenated alkanes) is 1. The number of fused-ring (bicyclic) bond motifs is 1. The summed E-state index contributed by atoms with van der Waals surface area (Å²) >= 11 is 0.962. The van der Waals surface area contributed by atoms with Crippen molar-refractivity contribution in [1.29, 1.82) is 0 Å². The lowest BCUT2D eigenvalue weighted by Gasteiger charge is -2.34.